The molecule has 0 aliphatic carbocycles. The molecule has 0 aromatic heterocycles. The maximum atomic E-state index is 12.2. The lowest BCUT2D eigenvalue weighted by atomic mass is 9.88. The van der Waals surface area contributed by atoms with E-state index in [4.69, 9.17) is 0 Å². The molecule has 3 rings (SSSR count). The zero-order valence-corrected chi connectivity index (χ0v) is 16.2. The number of carbonyl (C=O) groups is 1. The zero-order valence-electron chi connectivity index (χ0n) is 15.4. The molecule has 0 bridgehead atoms. The highest BCUT2D eigenvalue weighted by Gasteiger charge is 2.14. The highest BCUT2D eigenvalue weighted by Crippen LogP contribution is 2.27. The Balaban J connectivity index is 1.60. The topological polar surface area (TPSA) is 41.1 Å². The van der Waals surface area contributed by atoms with Gasteiger partial charge in [-0.15, -0.1) is 11.8 Å². The minimum absolute atomic E-state index is 0.173. The lowest BCUT2D eigenvalue weighted by molar-refractivity contribution is 0.252. The van der Waals surface area contributed by atoms with E-state index in [9.17, 15) is 4.79 Å². The monoisotopic (exact) mass is 376 g/mol. The van der Waals surface area contributed by atoms with Gasteiger partial charge in [0.2, 0.25) is 0 Å². The van der Waals surface area contributed by atoms with Gasteiger partial charge in [-0.3, -0.25) is 0 Å². The van der Waals surface area contributed by atoms with Gasteiger partial charge in [0, 0.05) is 23.0 Å². The average Bonchev–Trinajstić information content (AvgIpc) is 2.72. The second kappa shape index (κ2) is 9.83. The Morgan fingerprint density at radius 3 is 2.11 bits per heavy atom. The molecule has 2 N–H and O–H groups in total. The Labute approximate surface area is 165 Å². The molecule has 0 saturated heterocycles. The predicted molar refractivity (Wildman–Crippen MR) is 115 cm³/mol. The van der Waals surface area contributed by atoms with E-state index in [0.717, 1.165) is 17.0 Å². The van der Waals surface area contributed by atoms with Crippen LogP contribution in [0.4, 0.5) is 10.5 Å². The quantitative estimate of drug-likeness (QED) is 0.515. The summed E-state index contributed by atoms with van der Waals surface area (Å²) in [4.78, 5) is 13.4. The number of carbonyl (C=O) groups excluding carboxylic acids is 1. The molecule has 3 aromatic carbocycles. The number of hydrogen-bond donors (Lipinski definition) is 2. The van der Waals surface area contributed by atoms with Crippen LogP contribution in [0.3, 0.4) is 0 Å². The Kier molecular flexibility index (Phi) is 6.94. The van der Waals surface area contributed by atoms with E-state index in [1.54, 1.807) is 11.8 Å². The number of amides is 2. The van der Waals surface area contributed by atoms with Gasteiger partial charge in [-0.05, 0) is 42.0 Å². The Morgan fingerprint density at radius 2 is 1.52 bits per heavy atom. The van der Waals surface area contributed by atoms with E-state index in [1.165, 1.54) is 11.1 Å². The first kappa shape index (κ1) is 19.1. The summed E-state index contributed by atoms with van der Waals surface area (Å²) in [5, 5.41) is 5.89. The number of hydrogen-bond acceptors (Lipinski definition) is 2. The summed E-state index contributed by atoms with van der Waals surface area (Å²) < 4.78 is 0. The predicted octanol–water partition coefficient (Wildman–Crippen LogP) is 5.75. The number of urea groups is 1. The van der Waals surface area contributed by atoms with Crippen molar-refractivity contribution in [1.29, 1.82) is 0 Å². The van der Waals surface area contributed by atoms with Gasteiger partial charge in [-0.25, -0.2) is 4.79 Å². The van der Waals surface area contributed by atoms with E-state index in [1.807, 2.05) is 42.7 Å². The van der Waals surface area contributed by atoms with E-state index in [-0.39, 0.29) is 11.9 Å². The van der Waals surface area contributed by atoms with Crippen molar-refractivity contribution in [2.75, 3.05) is 18.1 Å². The molecule has 0 aliphatic heterocycles. The third-order valence-corrected chi connectivity index (χ3v) is 5.18. The lowest BCUT2D eigenvalue weighted by Gasteiger charge is -2.18. The molecular weight excluding hydrogens is 352 g/mol. The first-order valence-corrected chi connectivity index (χ1v) is 10.3. The molecule has 0 heterocycles. The van der Waals surface area contributed by atoms with Crippen molar-refractivity contribution < 1.29 is 4.79 Å². The van der Waals surface area contributed by atoms with E-state index < -0.39 is 0 Å². The van der Waals surface area contributed by atoms with Crippen LogP contribution in [0.1, 0.15) is 23.5 Å². The molecule has 4 heteroatoms. The number of benzene rings is 3. The Hall–Kier alpha value is -2.72. The second-order valence-electron chi connectivity index (χ2n) is 6.28. The molecule has 0 spiro atoms. The molecule has 2 amide bonds. The van der Waals surface area contributed by atoms with E-state index in [0.29, 0.717) is 6.54 Å². The highest BCUT2D eigenvalue weighted by atomic mass is 32.2. The standard InChI is InChI=1S/C23H24N2OS/c1-27-21-14-8-13-20(17-21)25-23(26)24-16-15-22(18-9-4-2-5-10-18)19-11-6-3-7-12-19/h2-14,17,22H,15-16H2,1H3,(H2,24,25,26). The number of rotatable bonds is 7. The van der Waals surface area contributed by atoms with Crippen LogP contribution in [0.25, 0.3) is 0 Å². The minimum Gasteiger partial charge on any atom is -0.338 e. The second-order valence-corrected chi connectivity index (χ2v) is 7.16. The smallest absolute Gasteiger partial charge is 0.319 e. The Morgan fingerprint density at radius 1 is 0.889 bits per heavy atom. The first-order chi connectivity index (χ1) is 13.3. The van der Waals surface area contributed by atoms with Crippen LogP contribution in [0.2, 0.25) is 0 Å². The summed E-state index contributed by atoms with van der Waals surface area (Å²) in [5.41, 5.74) is 3.33. The van der Waals surface area contributed by atoms with Crippen molar-refractivity contribution in [1.82, 2.24) is 5.32 Å². The van der Waals surface area contributed by atoms with Gasteiger partial charge in [-0.2, -0.15) is 0 Å². The summed E-state index contributed by atoms with van der Waals surface area (Å²) in [6.07, 6.45) is 2.86. The summed E-state index contributed by atoms with van der Waals surface area (Å²) in [6.45, 7) is 0.600. The van der Waals surface area contributed by atoms with Crippen LogP contribution in [0.5, 0.6) is 0 Å². The maximum absolute atomic E-state index is 12.2. The van der Waals surface area contributed by atoms with Gasteiger partial charge in [-0.1, -0.05) is 66.7 Å². The normalized spacial score (nSPS) is 10.6. The third kappa shape index (κ3) is 5.63. The van der Waals surface area contributed by atoms with Crippen molar-refractivity contribution in [2.24, 2.45) is 0 Å². The van der Waals surface area contributed by atoms with Crippen molar-refractivity contribution in [3.63, 3.8) is 0 Å². The van der Waals surface area contributed by atoms with Crippen molar-refractivity contribution >= 4 is 23.5 Å². The van der Waals surface area contributed by atoms with Gasteiger partial charge in [0.1, 0.15) is 0 Å². The summed E-state index contributed by atoms with van der Waals surface area (Å²) >= 11 is 1.66. The number of thioether (sulfide) groups is 1. The van der Waals surface area contributed by atoms with Crippen LogP contribution in [0.15, 0.2) is 89.8 Å². The fraction of sp³-hybridized carbons (Fsp3) is 0.174. The average molecular weight is 377 g/mol. The first-order valence-electron chi connectivity index (χ1n) is 9.05. The van der Waals surface area contributed by atoms with Crippen LogP contribution in [0, 0.1) is 0 Å². The summed E-state index contributed by atoms with van der Waals surface area (Å²) in [7, 11) is 0. The zero-order chi connectivity index (χ0) is 18.9. The third-order valence-electron chi connectivity index (χ3n) is 4.45. The number of nitrogens with one attached hydrogen (secondary N) is 2. The molecule has 3 nitrogen and oxygen atoms in total. The molecule has 0 aliphatic rings. The molecule has 0 saturated carbocycles. The van der Waals surface area contributed by atoms with Gasteiger partial charge < -0.3 is 10.6 Å². The van der Waals surface area contributed by atoms with E-state index >= 15 is 0 Å². The molecule has 138 valence electrons. The Bertz CT molecular complexity index is 813. The fourth-order valence-electron chi connectivity index (χ4n) is 3.10. The van der Waals surface area contributed by atoms with Crippen molar-refractivity contribution in [2.45, 2.75) is 17.2 Å². The molecule has 27 heavy (non-hydrogen) atoms. The molecule has 0 fully saturated rings. The van der Waals surface area contributed by atoms with E-state index in [2.05, 4.69) is 59.2 Å². The molecular formula is C23H24N2OS. The maximum Gasteiger partial charge on any atom is 0.319 e. The number of anilines is 1. The molecule has 0 atom stereocenters. The van der Waals surface area contributed by atoms with Crippen LogP contribution >= 0.6 is 11.8 Å². The van der Waals surface area contributed by atoms with Crippen molar-refractivity contribution in [3.05, 3.63) is 96.1 Å². The summed E-state index contributed by atoms with van der Waals surface area (Å²) in [6, 6.07) is 28.5. The van der Waals surface area contributed by atoms with Gasteiger partial charge in [0.25, 0.3) is 0 Å². The van der Waals surface area contributed by atoms with Gasteiger partial charge in [0.05, 0.1) is 0 Å². The molecule has 0 radical (unpaired) electrons. The molecule has 3 aromatic rings. The summed E-state index contributed by atoms with van der Waals surface area (Å²) in [5.74, 6) is 0.257. The van der Waals surface area contributed by atoms with Gasteiger partial charge in [0.15, 0.2) is 0 Å². The van der Waals surface area contributed by atoms with Crippen LogP contribution in [-0.2, 0) is 0 Å². The largest absolute Gasteiger partial charge is 0.338 e. The molecule has 0 unspecified atom stereocenters. The highest BCUT2D eigenvalue weighted by molar-refractivity contribution is 7.98. The van der Waals surface area contributed by atoms with Gasteiger partial charge >= 0.3 is 6.03 Å². The minimum atomic E-state index is -0.173. The fourth-order valence-corrected chi connectivity index (χ4v) is 3.56. The lowest BCUT2D eigenvalue weighted by Crippen LogP contribution is -2.30. The SMILES string of the molecule is CSc1cccc(NC(=O)NCCC(c2ccccc2)c2ccccc2)c1. The van der Waals surface area contributed by atoms with Crippen LogP contribution in [-0.4, -0.2) is 18.8 Å². The van der Waals surface area contributed by atoms with Crippen molar-refractivity contribution in [3.8, 4) is 0 Å². The van der Waals surface area contributed by atoms with Crippen LogP contribution < -0.4 is 10.6 Å².